The lowest BCUT2D eigenvalue weighted by Crippen LogP contribution is -2.19. The van der Waals surface area contributed by atoms with Crippen molar-refractivity contribution in [3.05, 3.63) is 86.0 Å². The second kappa shape index (κ2) is 10.6. The number of fused-ring (bicyclic) bond motifs is 2. The SMILES string of the molecule is COC(=O)C[C@H](c1c(O)c(C(C)=O)cc([C@@H]2OCc3cnc(C)c(O)c32)c1O)c1coc2ccc(OC)cc2c1=O. The number of hydrogen-bond acceptors (Lipinski definition) is 11. The molecule has 3 N–H and O–H groups in total. The van der Waals surface area contributed by atoms with Gasteiger partial charge in [0, 0.05) is 39.9 Å². The number of aryl methyl sites for hydroxylation is 1. The van der Waals surface area contributed by atoms with Crippen molar-refractivity contribution in [1.29, 1.82) is 0 Å². The van der Waals surface area contributed by atoms with Gasteiger partial charge in [0.25, 0.3) is 0 Å². The van der Waals surface area contributed by atoms with Crippen LogP contribution in [0.5, 0.6) is 23.0 Å². The molecule has 0 bridgehead atoms. The van der Waals surface area contributed by atoms with E-state index < -0.39 is 47.1 Å². The number of aromatic hydroxyl groups is 3. The predicted octanol–water partition coefficient (Wildman–Crippen LogP) is 4.14. The number of Topliss-reactive ketones (excluding diaryl/α,β-unsaturated/α-hetero) is 1. The second-order valence-corrected chi connectivity index (χ2v) is 9.72. The average Bonchev–Trinajstić information content (AvgIpc) is 3.39. The maximum Gasteiger partial charge on any atom is 0.306 e. The van der Waals surface area contributed by atoms with Crippen LogP contribution in [-0.4, -0.2) is 46.3 Å². The highest BCUT2D eigenvalue weighted by atomic mass is 16.5. The highest BCUT2D eigenvalue weighted by molar-refractivity contribution is 5.98. The van der Waals surface area contributed by atoms with Crippen molar-refractivity contribution in [3.8, 4) is 23.0 Å². The number of rotatable bonds is 7. The summed E-state index contributed by atoms with van der Waals surface area (Å²) in [5.74, 6) is -3.51. The molecule has 5 rings (SSSR count). The fourth-order valence-electron chi connectivity index (χ4n) is 5.18. The molecular formula is C30H27NO10. The number of ether oxygens (including phenoxy) is 3. The number of ketones is 1. The van der Waals surface area contributed by atoms with E-state index in [1.807, 2.05) is 0 Å². The Balaban J connectivity index is 1.80. The molecule has 11 nitrogen and oxygen atoms in total. The van der Waals surface area contributed by atoms with E-state index in [-0.39, 0.29) is 45.6 Å². The molecule has 0 radical (unpaired) electrons. The fourth-order valence-corrected chi connectivity index (χ4v) is 5.18. The molecule has 0 spiro atoms. The molecule has 2 atom stereocenters. The van der Waals surface area contributed by atoms with E-state index in [9.17, 15) is 29.7 Å². The van der Waals surface area contributed by atoms with Gasteiger partial charge in [0.2, 0.25) is 0 Å². The highest BCUT2D eigenvalue weighted by Gasteiger charge is 2.37. The van der Waals surface area contributed by atoms with Gasteiger partial charge in [0.05, 0.1) is 50.2 Å². The standard InChI is InChI=1S/C30H27NO10/c1-13-26(34)24-15(10-31-13)11-41-30(24)20-8-17(14(2)32)28(36)25(29(20)37)18(9-23(33)39-4)21-12-40-22-6-5-16(38-3)7-19(22)27(21)35/h5-8,10,12,18,30,34,36-37H,9,11H2,1-4H3/t18-,30-/m0/s1. The highest BCUT2D eigenvalue weighted by Crippen LogP contribution is 2.50. The molecule has 0 aliphatic carbocycles. The fraction of sp³-hybridized carbons (Fsp3) is 0.267. The van der Waals surface area contributed by atoms with E-state index in [1.54, 1.807) is 25.3 Å². The van der Waals surface area contributed by atoms with Gasteiger partial charge >= 0.3 is 5.97 Å². The van der Waals surface area contributed by atoms with Crippen LogP contribution in [0.2, 0.25) is 0 Å². The Kier molecular flexibility index (Phi) is 7.14. The van der Waals surface area contributed by atoms with Crippen LogP contribution in [0.15, 0.2) is 45.9 Å². The first-order valence-corrected chi connectivity index (χ1v) is 12.6. The van der Waals surface area contributed by atoms with Gasteiger partial charge in [-0.05, 0) is 38.1 Å². The Hall–Kier alpha value is -4.90. The zero-order valence-corrected chi connectivity index (χ0v) is 22.7. The molecule has 2 aromatic carbocycles. The Morgan fingerprint density at radius 3 is 2.56 bits per heavy atom. The molecule has 4 aromatic rings. The summed E-state index contributed by atoms with van der Waals surface area (Å²) >= 11 is 0. The number of aromatic nitrogens is 1. The first-order chi connectivity index (χ1) is 19.6. The van der Waals surface area contributed by atoms with E-state index in [4.69, 9.17) is 18.6 Å². The second-order valence-electron chi connectivity index (χ2n) is 9.72. The van der Waals surface area contributed by atoms with E-state index in [2.05, 4.69) is 4.98 Å². The molecule has 11 heteroatoms. The normalized spacial score (nSPS) is 15.0. The first-order valence-electron chi connectivity index (χ1n) is 12.6. The molecule has 0 amide bonds. The zero-order valence-electron chi connectivity index (χ0n) is 22.7. The number of benzene rings is 2. The Morgan fingerprint density at radius 2 is 1.88 bits per heavy atom. The summed E-state index contributed by atoms with van der Waals surface area (Å²) in [6.45, 7) is 2.89. The summed E-state index contributed by atoms with van der Waals surface area (Å²) in [6.07, 6.45) is 1.16. The van der Waals surface area contributed by atoms with Crippen molar-refractivity contribution in [2.75, 3.05) is 14.2 Å². The third-order valence-electron chi connectivity index (χ3n) is 7.35. The van der Waals surface area contributed by atoms with Crippen molar-refractivity contribution in [3.63, 3.8) is 0 Å². The summed E-state index contributed by atoms with van der Waals surface area (Å²) in [5.41, 5.74) is 0.470. The van der Waals surface area contributed by atoms with Crippen LogP contribution < -0.4 is 10.2 Å². The number of hydrogen-bond donors (Lipinski definition) is 3. The monoisotopic (exact) mass is 561 g/mol. The van der Waals surface area contributed by atoms with E-state index >= 15 is 0 Å². The van der Waals surface area contributed by atoms with Gasteiger partial charge in [-0.2, -0.15) is 0 Å². The quantitative estimate of drug-likeness (QED) is 0.219. The first kappa shape index (κ1) is 27.7. The number of esters is 1. The molecule has 1 aliphatic rings. The predicted molar refractivity (Wildman–Crippen MR) is 145 cm³/mol. The molecule has 41 heavy (non-hydrogen) atoms. The van der Waals surface area contributed by atoms with Crippen molar-refractivity contribution < 1.29 is 43.5 Å². The van der Waals surface area contributed by atoms with Crippen LogP contribution in [0.3, 0.4) is 0 Å². The maximum atomic E-state index is 13.7. The van der Waals surface area contributed by atoms with Crippen LogP contribution in [-0.2, 0) is 20.9 Å². The maximum absolute atomic E-state index is 13.7. The molecule has 3 heterocycles. The van der Waals surface area contributed by atoms with Gasteiger partial charge in [0.1, 0.15) is 34.7 Å². The van der Waals surface area contributed by atoms with Gasteiger partial charge in [0.15, 0.2) is 11.2 Å². The number of pyridine rings is 1. The van der Waals surface area contributed by atoms with Crippen molar-refractivity contribution >= 4 is 22.7 Å². The van der Waals surface area contributed by atoms with Crippen LogP contribution >= 0.6 is 0 Å². The van der Waals surface area contributed by atoms with Gasteiger partial charge < -0.3 is 33.9 Å². The van der Waals surface area contributed by atoms with E-state index in [1.165, 1.54) is 26.2 Å². The molecule has 0 saturated carbocycles. The van der Waals surface area contributed by atoms with E-state index in [0.717, 1.165) is 13.4 Å². The molecule has 0 unspecified atom stereocenters. The Morgan fingerprint density at radius 1 is 1.12 bits per heavy atom. The van der Waals surface area contributed by atoms with Gasteiger partial charge in [-0.25, -0.2) is 0 Å². The molecule has 0 saturated heterocycles. The minimum atomic E-state index is -1.30. The topological polar surface area (TPSA) is 166 Å². The molecule has 2 aromatic heterocycles. The van der Waals surface area contributed by atoms with Crippen LogP contribution in [0.25, 0.3) is 11.0 Å². The van der Waals surface area contributed by atoms with Gasteiger partial charge in [-0.1, -0.05) is 0 Å². The van der Waals surface area contributed by atoms with E-state index in [0.29, 0.717) is 22.6 Å². The molecular weight excluding hydrogens is 534 g/mol. The van der Waals surface area contributed by atoms with Crippen LogP contribution in [0, 0.1) is 6.92 Å². The number of carbonyl (C=O) groups excluding carboxylic acids is 2. The number of phenolic OH excluding ortho intramolecular Hbond substituents is 2. The smallest absolute Gasteiger partial charge is 0.306 e. The largest absolute Gasteiger partial charge is 0.507 e. The Labute approximate surface area is 233 Å². The molecule has 0 fully saturated rings. The van der Waals surface area contributed by atoms with Crippen LogP contribution in [0.4, 0.5) is 0 Å². The average molecular weight is 562 g/mol. The summed E-state index contributed by atoms with van der Waals surface area (Å²) in [6, 6.07) is 5.91. The van der Waals surface area contributed by atoms with Crippen molar-refractivity contribution in [2.24, 2.45) is 0 Å². The van der Waals surface area contributed by atoms with Crippen LogP contribution in [0.1, 0.15) is 69.2 Å². The third-order valence-corrected chi connectivity index (χ3v) is 7.35. The Bertz CT molecular complexity index is 1770. The van der Waals surface area contributed by atoms with Gasteiger partial charge in [-0.3, -0.25) is 19.4 Å². The van der Waals surface area contributed by atoms with Crippen molar-refractivity contribution in [2.45, 2.75) is 38.9 Å². The number of carbonyl (C=O) groups is 2. The van der Waals surface area contributed by atoms with Crippen molar-refractivity contribution in [1.82, 2.24) is 4.98 Å². The third kappa shape index (κ3) is 4.63. The summed E-state index contributed by atoms with van der Waals surface area (Å²) in [7, 11) is 2.60. The van der Waals surface area contributed by atoms with Gasteiger partial charge in [-0.15, -0.1) is 0 Å². The minimum Gasteiger partial charge on any atom is -0.507 e. The summed E-state index contributed by atoms with van der Waals surface area (Å²) in [4.78, 5) is 43.2. The summed E-state index contributed by atoms with van der Waals surface area (Å²) in [5, 5.41) is 33.9. The number of phenols is 2. The molecule has 212 valence electrons. The minimum absolute atomic E-state index is 0.0457. The zero-order chi connectivity index (χ0) is 29.6. The lowest BCUT2D eigenvalue weighted by molar-refractivity contribution is -0.140. The number of methoxy groups -OCH3 is 2. The number of nitrogens with zero attached hydrogens (tertiary/aromatic N) is 1. The molecule has 1 aliphatic heterocycles. The summed E-state index contributed by atoms with van der Waals surface area (Å²) < 4.78 is 21.7. The lowest BCUT2D eigenvalue weighted by Gasteiger charge is -2.24. The lowest BCUT2D eigenvalue weighted by atomic mass is 9.83.